The van der Waals surface area contributed by atoms with Gasteiger partial charge in [-0.25, -0.2) is 4.79 Å². The summed E-state index contributed by atoms with van der Waals surface area (Å²) in [6.07, 6.45) is 1.35. The first-order chi connectivity index (χ1) is 8.83. The molecule has 0 fully saturated rings. The number of ether oxygens (including phenoxy) is 1. The van der Waals surface area contributed by atoms with Crippen LogP contribution in [0.4, 0.5) is 4.79 Å². The van der Waals surface area contributed by atoms with Crippen molar-refractivity contribution in [1.29, 1.82) is 0 Å². The minimum Gasteiger partial charge on any atom is -0.444 e. The molecule has 0 saturated carbocycles. The first-order valence-electron chi connectivity index (χ1n) is 6.02. The van der Waals surface area contributed by atoms with Crippen molar-refractivity contribution >= 4 is 6.09 Å². The van der Waals surface area contributed by atoms with Crippen LogP contribution in [0.3, 0.4) is 0 Å². The molecule has 6 heteroatoms. The summed E-state index contributed by atoms with van der Waals surface area (Å²) in [5, 5.41) is 21.8. The minimum atomic E-state index is -1.03. The zero-order valence-electron chi connectivity index (χ0n) is 11.3. The molecule has 0 aliphatic rings. The number of pyridine rings is 1. The Morgan fingerprint density at radius 1 is 1.42 bits per heavy atom. The van der Waals surface area contributed by atoms with E-state index in [0.717, 1.165) is 0 Å². The molecule has 6 nitrogen and oxygen atoms in total. The summed E-state index contributed by atoms with van der Waals surface area (Å²) < 4.78 is 5.07. The van der Waals surface area contributed by atoms with Crippen LogP contribution in [0.15, 0.2) is 24.5 Å². The predicted octanol–water partition coefficient (Wildman–Crippen LogP) is 1.00. The van der Waals surface area contributed by atoms with Crippen molar-refractivity contribution in [2.45, 2.75) is 38.5 Å². The number of carbonyl (C=O) groups excluding carboxylic acids is 1. The molecule has 106 valence electrons. The number of alkyl carbamates (subject to hydrolysis) is 1. The highest BCUT2D eigenvalue weighted by molar-refractivity contribution is 5.68. The number of aliphatic hydroxyl groups is 2. The van der Waals surface area contributed by atoms with E-state index in [9.17, 15) is 15.0 Å². The molecule has 0 aliphatic carbocycles. The zero-order valence-corrected chi connectivity index (χ0v) is 11.3. The molecule has 2 atom stereocenters. The number of hydrogen-bond acceptors (Lipinski definition) is 5. The Kier molecular flexibility index (Phi) is 5.26. The van der Waals surface area contributed by atoms with E-state index in [1.54, 1.807) is 32.9 Å². The number of nitrogens with zero attached hydrogens (tertiary/aromatic N) is 1. The number of nitrogens with one attached hydrogen (secondary N) is 1. The van der Waals surface area contributed by atoms with Gasteiger partial charge in [-0.2, -0.15) is 0 Å². The van der Waals surface area contributed by atoms with Crippen molar-refractivity contribution < 1.29 is 19.7 Å². The van der Waals surface area contributed by atoms with Crippen molar-refractivity contribution in [1.82, 2.24) is 10.3 Å². The summed E-state index contributed by atoms with van der Waals surface area (Å²) in [7, 11) is 0. The lowest BCUT2D eigenvalue weighted by atomic mass is 10.0. The van der Waals surface area contributed by atoms with Gasteiger partial charge in [0.25, 0.3) is 0 Å². The SMILES string of the molecule is CC(C)(C)OC(=O)NC(CO)C(O)c1ccncc1. The van der Waals surface area contributed by atoms with Crippen LogP contribution >= 0.6 is 0 Å². The van der Waals surface area contributed by atoms with Crippen LogP contribution in [0.1, 0.15) is 32.4 Å². The highest BCUT2D eigenvalue weighted by Crippen LogP contribution is 2.16. The van der Waals surface area contributed by atoms with Gasteiger partial charge in [-0.3, -0.25) is 4.98 Å². The second-order valence-corrected chi connectivity index (χ2v) is 5.16. The van der Waals surface area contributed by atoms with Crippen molar-refractivity contribution in [3.05, 3.63) is 30.1 Å². The Labute approximate surface area is 112 Å². The fourth-order valence-electron chi connectivity index (χ4n) is 1.48. The van der Waals surface area contributed by atoms with Crippen LogP contribution < -0.4 is 5.32 Å². The standard InChI is InChI=1S/C13H20N2O4/c1-13(2,3)19-12(18)15-10(8-16)11(17)9-4-6-14-7-5-9/h4-7,10-11,16-17H,8H2,1-3H3,(H,15,18). The Hall–Kier alpha value is -1.66. The summed E-state index contributed by atoms with van der Waals surface area (Å²) >= 11 is 0. The Morgan fingerprint density at radius 3 is 2.47 bits per heavy atom. The summed E-state index contributed by atoms with van der Waals surface area (Å²) in [4.78, 5) is 15.4. The van der Waals surface area contributed by atoms with E-state index in [1.165, 1.54) is 12.4 Å². The molecule has 0 spiro atoms. The monoisotopic (exact) mass is 268 g/mol. The Bertz CT molecular complexity index is 403. The summed E-state index contributed by atoms with van der Waals surface area (Å²) in [6, 6.07) is 2.39. The minimum absolute atomic E-state index is 0.400. The average molecular weight is 268 g/mol. The maximum absolute atomic E-state index is 11.6. The van der Waals surface area contributed by atoms with E-state index in [4.69, 9.17) is 4.74 Å². The third-order valence-corrected chi connectivity index (χ3v) is 2.33. The highest BCUT2D eigenvalue weighted by Gasteiger charge is 2.25. The van der Waals surface area contributed by atoms with Crippen molar-refractivity contribution in [3.8, 4) is 0 Å². The molecule has 1 amide bonds. The number of rotatable bonds is 4. The van der Waals surface area contributed by atoms with Crippen LogP contribution in [0.2, 0.25) is 0 Å². The molecule has 2 unspecified atom stereocenters. The van der Waals surface area contributed by atoms with E-state index in [-0.39, 0.29) is 0 Å². The lowest BCUT2D eigenvalue weighted by Crippen LogP contribution is -2.44. The van der Waals surface area contributed by atoms with Crippen LogP contribution in [-0.4, -0.2) is 39.5 Å². The summed E-state index contributed by atoms with van der Waals surface area (Å²) in [6.45, 7) is 4.81. The third-order valence-electron chi connectivity index (χ3n) is 2.33. The number of aromatic nitrogens is 1. The van der Waals surface area contributed by atoms with Crippen LogP contribution in [-0.2, 0) is 4.74 Å². The third kappa shape index (κ3) is 5.23. The normalized spacial score (nSPS) is 14.6. The van der Waals surface area contributed by atoms with Gasteiger partial charge in [-0.05, 0) is 38.5 Å². The molecule has 1 aromatic rings. The fourth-order valence-corrected chi connectivity index (χ4v) is 1.48. The molecule has 0 aliphatic heterocycles. The van der Waals surface area contributed by atoms with Gasteiger partial charge in [0.1, 0.15) is 11.7 Å². The van der Waals surface area contributed by atoms with Crippen molar-refractivity contribution in [2.24, 2.45) is 0 Å². The topological polar surface area (TPSA) is 91.7 Å². The van der Waals surface area contributed by atoms with Crippen LogP contribution in [0.25, 0.3) is 0 Å². The Balaban J connectivity index is 2.66. The first-order valence-corrected chi connectivity index (χ1v) is 6.02. The predicted molar refractivity (Wildman–Crippen MR) is 69.4 cm³/mol. The van der Waals surface area contributed by atoms with Gasteiger partial charge in [-0.15, -0.1) is 0 Å². The van der Waals surface area contributed by atoms with Gasteiger partial charge in [0, 0.05) is 12.4 Å². The number of hydrogen-bond donors (Lipinski definition) is 3. The molecule has 19 heavy (non-hydrogen) atoms. The molecule has 0 saturated heterocycles. The van der Waals surface area contributed by atoms with Gasteiger partial charge in [0.15, 0.2) is 0 Å². The quantitative estimate of drug-likeness (QED) is 0.757. The molecule has 0 bridgehead atoms. The van der Waals surface area contributed by atoms with Crippen molar-refractivity contribution in [2.75, 3.05) is 6.61 Å². The molecule has 0 aromatic carbocycles. The van der Waals surface area contributed by atoms with Crippen LogP contribution in [0.5, 0.6) is 0 Å². The molecular weight excluding hydrogens is 248 g/mol. The van der Waals surface area contributed by atoms with E-state index in [0.29, 0.717) is 5.56 Å². The average Bonchev–Trinajstić information content (AvgIpc) is 2.34. The second kappa shape index (κ2) is 6.49. The lowest BCUT2D eigenvalue weighted by molar-refractivity contribution is 0.0349. The van der Waals surface area contributed by atoms with Gasteiger partial charge in [0.2, 0.25) is 0 Å². The lowest BCUT2D eigenvalue weighted by Gasteiger charge is -2.25. The summed E-state index contributed by atoms with van der Waals surface area (Å²) in [5.41, 5.74) is -0.0729. The summed E-state index contributed by atoms with van der Waals surface area (Å²) in [5.74, 6) is 0. The fraction of sp³-hybridized carbons (Fsp3) is 0.538. The van der Waals surface area contributed by atoms with Gasteiger partial charge in [-0.1, -0.05) is 0 Å². The largest absolute Gasteiger partial charge is 0.444 e. The van der Waals surface area contributed by atoms with E-state index in [2.05, 4.69) is 10.3 Å². The Morgan fingerprint density at radius 2 is 2.00 bits per heavy atom. The van der Waals surface area contributed by atoms with Gasteiger partial charge in [0.05, 0.1) is 12.6 Å². The molecule has 1 rings (SSSR count). The van der Waals surface area contributed by atoms with Crippen LogP contribution in [0, 0.1) is 0 Å². The zero-order chi connectivity index (χ0) is 14.5. The van der Waals surface area contributed by atoms with E-state index in [1.807, 2.05) is 0 Å². The maximum Gasteiger partial charge on any atom is 0.408 e. The van der Waals surface area contributed by atoms with E-state index < -0.39 is 30.4 Å². The second-order valence-electron chi connectivity index (χ2n) is 5.16. The van der Waals surface area contributed by atoms with Gasteiger partial charge >= 0.3 is 6.09 Å². The number of amides is 1. The molecule has 3 N–H and O–H groups in total. The maximum atomic E-state index is 11.6. The molecular formula is C13H20N2O4. The van der Waals surface area contributed by atoms with Crippen molar-refractivity contribution in [3.63, 3.8) is 0 Å². The molecule has 1 heterocycles. The smallest absolute Gasteiger partial charge is 0.408 e. The number of carbonyl (C=O) groups is 1. The highest BCUT2D eigenvalue weighted by atomic mass is 16.6. The first kappa shape index (κ1) is 15.4. The molecule has 1 aromatic heterocycles. The number of aliphatic hydroxyl groups excluding tert-OH is 2. The molecule has 0 radical (unpaired) electrons. The van der Waals surface area contributed by atoms with Gasteiger partial charge < -0.3 is 20.3 Å². The van der Waals surface area contributed by atoms with E-state index >= 15 is 0 Å².